The smallest absolute Gasteiger partial charge is 0.408 e. The van der Waals surface area contributed by atoms with Crippen LogP contribution in [0, 0.1) is 0 Å². The molecule has 11 heteroatoms. The molecule has 11 nitrogen and oxygen atoms in total. The zero-order valence-corrected chi connectivity index (χ0v) is 31.3. The summed E-state index contributed by atoms with van der Waals surface area (Å²) in [5.41, 5.74) is 7.19. The second-order valence-electron chi connectivity index (χ2n) is 14.3. The van der Waals surface area contributed by atoms with Crippen LogP contribution in [-0.2, 0) is 50.0 Å². The lowest BCUT2D eigenvalue weighted by atomic mass is 9.98. The molecule has 5 aromatic rings. The summed E-state index contributed by atoms with van der Waals surface area (Å²) in [6.07, 6.45) is 1.47. The van der Waals surface area contributed by atoms with Crippen LogP contribution in [0.4, 0.5) is 4.79 Å². The van der Waals surface area contributed by atoms with Gasteiger partial charge < -0.3 is 29.5 Å². The number of likely N-dealkylation sites (N-methyl/N-ethyl adjacent to an activating group) is 1. The number of nitrogens with zero attached hydrogens (tertiary/aromatic N) is 3. The summed E-state index contributed by atoms with van der Waals surface area (Å²) in [6.45, 7) is 1.65. The van der Waals surface area contributed by atoms with Crippen molar-refractivity contribution >= 4 is 17.9 Å². The summed E-state index contributed by atoms with van der Waals surface area (Å²) in [6, 6.07) is 37.8. The second kappa shape index (κ2) is 18.3. The number of nitrogens with one attached hydrogen (secondary N) is 1. The van der Waals surface area contributed by atoms with Crippen molar-refractivity contribution in [2.45, 2.75) is 63.6 Å². The minimum atomic E-state index is -0.984. The zero-order chi connectivity index (χ0) is 38.9. The predicted molar refractivity (Wildman–Crippen MR) is 209 cm³/mol. The largest absolute Gasteiger partial charge is 0.445 e. The number of hydrogen-bond donors (Lipinski definition) is 2. The number of amides is 3. The number of rotatable bonds is 14. The highest BCUT2D eigenvalue weighted by atomic mass is 16.7. The summed E-state index contributed by atoms with van der Waals surface area (Å²) < 4.78 is 18.6. The van der Waals surface area contributed by atoms with Gasteiger partial charge in [0.05, 0.1) is 31.8 Å². The first kappa shape index (κ1) is 38.6. The first-order valence-electron chi connectivity index (χ1n) is 18.9. The van der Waals surface area contributed by atoms with Crippen LogP contribution in [0.1, 0.15) is 58.7 Å². The Kier molecular flexibility index (Phi) is 12.6. The van der Waals surface area contributed by atoms with Gasteiger partial charge in [0.2, 0.25) is 5.91 Å². The van der Waals surface area contributed by atoms with E-state index in [1.54, 1.807) is 0 Å². The number of alkyl carbamates (subject to hydrolysis) is 1. The highest BCUT2D eigenvalue weighted by Crippen LogP contribution is 2.39. The van der Waals surface area contributed by atoms with E-state index in [1.165, 1.54) is 4.90 Å². The first-order valence-corrected chi connectivity index (χ1v) is 18.9. The van der Waals surface area contributed by atoms with Crippen molar-refractivity contribution in [3.8, 4) is 11.1 Å². The van der Waals surface area contributed by atoms with Crippen LogP contribution in [0.3, 0.4) is 0 Å². The van der Waals surface area contributed by atoms with E-state index in [0.29, 0.717) is 13.0 Å². The summed E-state index contributed by atoms with van der Waals surface area (Å²) in [5.74, 6) is -0.831. The molecule has 56 heavy (non-hydrogen) atoms. The zero-order valence-electron chi connectivity index (χ0n) is 31.3. The van der Waals surface area contributed by atoms with Crippen molar-refractivity contribution in [2.24, 2.45) is 0 Å². The summed E-state index contributed by atoms with van der Waals surface area (Å²) in [7, 11) is 2.09. The summed E-state index contributed by atoms with van der Waals surface area (Å²) >= 11 is 0. The predicted octanol–water partition coefficient (Wildman–Crippen LogP) is 6.51. The fourth-order valence-electron chi connectivity index (χ4n) is 7.09. The average molecular weight is 755 g/mol. The van der Waals surface area contributed by atoms with Gasteiger partial charge in [0.25, 0.3) is 5.91 Å². The van der Waals surface area contributed by atoms with Gasteiger partial charge in [-0.3, -0.25) is 19.5 Å². The maximum Gasteiger partial charge on any atom is 0.408 e. The minimum absolute atomic E-state index is 0.0242. The van der Waals surface area contributed by atoms with Crippen LogP contribution < -0.4 is 5.32 Å². The van der Waals surface area contributed by atoms with E-state index in [4.69, 9.17) is 14.2 Å². The van der Waals surface area contributed by atoms with E-state index in [1.807, 2.05) is 121 Å². The van der Waals surface area contributed by atoms with Crippen LogP contribution in [0.5, 0.6) is 0 Å². The molecule has 2 N–H and O–H groups in total. The molecule has 0 saturated carbocycles. The summed E-state index contributed by atoms with van der Waals surface area (Å²) in [5, 5.41) is 12.2. The molecule has 3 amide bonds. The van der Waals surface area contributed by atoms with Gasteiger partial charge in [0.15, 0.2) is 6.29 Å². The Morgan fingerprint density at radius 1 is 0.857 bits per heavy atom. The number of carbonyl (C=O) groups excluding carboxylic acids is 3. The molecule has 0 aliphatic carbocycles. The molecule has 2 saturated heterocycles. The molecule has 1 aromatic heterocycles. The molecular weight excluding hydrogens is 709 g/mol. The fraction of sp³-hybridized carbons (Fsp3) is 0.289. The fourth-order valence-corrected chi connectivity index (χ4v) is 7.09. The molecule has 0 spiro atoms. The molecule has 4 aromatic carbocycles. The molecule has 7 rings (SSSR count). The van der Waals surface area contributed by atoms with Crippen molar-refractivity contribution in [2.75, 3.05) is 20.1 Å². The second-order valence-corrected chi connectivity index (χ2v) is 14.3. The Hall–Kier alpha value is -5.72. The van der Waals surface area contributed by atoms with Gasteiger partial charge in [-0.2, -0.15) is 0 Å². The first-order chi connectivity index (χ1) is 27.3. The van der Waals surface area contributed by atoms with Gasteiger partial charge in [-0.1, -0.05) is 97.1 Å². The number of imide groups is 1. The molecule has 0 bridgehead atoms. The Bertz CT molecular complexity index is 2100. The van der Waals surface area contributed by atoms with Crippen LogP contribution in [0.25, 0.3) is 11.1 Å². The Morgan fingerprint density at radius 3 is 2.38 bits per heavy atom. The van der Waals surface area contributed by atoms with Gasteiger partial charge >= 0.3 is 6.09 Å². The van der Waals surface area contributed by atoms with Crippen LogP contribution >= 0.6 is 0 Å². The molecule has 4 atom stereocenters. The molecule has 288 valence electrons. The number of likely N-dealkylation sites (tertiary alicyclic amines) is 1. The minimum Gasteiger partial charge on any atom is -0.445 e. The Labute approximate surface area is 326 Å². The number of ether oxygens (including phenoxy) is 3. The molecule has 3 heterocycles. The van der Waals surface area contributed by atoms with Gasteiger partial charge in [0, 0.05) is 43.4 Å². The molecule has 2 aliphatic rings. The molecule has 0 radical (unpaired) electrons. The topological polar surface area (TPSA) is 131 Å². The molecule has 2 aliphatic heterocycles. The average Bonchev–Trinajstić information content (AvgIpc) is 3.49. The van der Waals surface area contributed by atoms with E-state index in [9.17, 15) is 19.5 Å². The van der Waals surface area contributed by atoms with Crippen molar-refractivity contribution < 1.29 is 33.7 Å². The lowest BCUT2D eigenvalue weighted by molar-refractivity contribution is -0.252. The highest BCUT2D eigenvalue weighted by molar-refractivity contribution is 6.06. The molecule has 2 fully saturated rings. The number of pyridine rings is 1. The summed E-state index contributed by atoms with van der Waals surface area (Å²) in [4.78, 5) is 46.6. The van der Waals surface area contributed by atoms with Gasteiger partial charge in [-0.25, -0.2) is 4.79 Å². The van der Waals surface area contributed by atoms with Crippen LogP contribution in [-0.4, -0.2) is 70.1 Å². The van der Waals surface area contributed by atoms with Crippen molar-refractivity contribution in [3.05, 3.63) is 161 Å². The number of aliphatic hydroxyl groups is 1. The maximum atomic E-state index is 13.3. The monoisotopic (exact) mass is 754 g/mol. The lowest BCUT2D eigenvalue weighted by Crippen LogP contribution is -2.41. The van der Waals surface area contributed by atoms with E-state index >= 15 is 0 Å². The van der Waals surface area contributed by atoms with Crippen LogP contribution in [0.2, 0.25) is 0 Å². The molecular formula is C45H46N4O7. The Morgan fingerprint density at radius 2 is 1.61 bits per heavy atom. The third-order valence-corrected chi connectivity index (χ3v) is 10.1. The standard InChI is InChI=1S/C45H46N4O7/c1-48(22-20-38-15-5-6-21-46-38)28-39-25-41(34-18-16-31(29-50)17-19-34)56-44(55-39)37-14-8-13-36(24-37)35-12-7-11-33(23-35)27-49-42(51)26-40(43(49)52)47-45(53)54-30-32-9-3-2-4-10-32/h2-19,21,23-24,39-41,44,50H,20,22,25-30H2,1H3,(H,47,53). The number of aromatic nitrogens is 1. The number of hydrogen-bond acceptors (Lipinski definition) is 9. The lowest BCUT2D eigenvalue weighted by Gasteiger charge is -2.38. The van der Waals surface area contributed by atoms with Crippen LogP contribution in [0.15, 0.2) is 128 Å². The van der Waals surface area contributed by atoms with Crippen molar-refractivity contribution in [3.63, 3.8) is 0 Å². The molecule has 4 unspecified atom stereocenters. The van der Waals surface area contributed by atoms with E-state index < -0.39 is 24.3 Å². The number of aliphatic hydroxyl groups excluding tert-OH is 1. The van der Waals surface area contributed by atoms with Crippen molar-refractivity contribution in [1.82, 2.24) is 20.1 Å². The highest BCUT2D eigenvalue weighted by Gasteiger charge is 2.40. The van der Waals surface area contributed by atoms with Gasteiger partial charge in [-0.15, -0.1) is 0 Å². The van der Waals surface area contributed by atoms with E-state index in [-0.39, 0.29) is 44.3 Å². The number of benzene rings is 4. The normalized spacial score (nSPS) is 19.7. The Balaban J connectivity index is 1.02. The third-order valence-electron chi connectivity index (χ3n) is 10.1. The van der Waals surface area contributed by atoms with Gasteiger partial charge in [0.1, 0.15) is 12.6 Å². The maximum absolute atomic E-state index is 13.3. The van der Waals surface area contributed by atoms with E-state index in [0.717, 1.165) is 57.6 Å². The SMILES string of the molecule is CN(CCc1ccccn1)CC1CC(c2ccc(CO)cc2)OC(c2cccc(-c3cccc(CN4C(=O)CC(NC(=O)OCc5ccccc5)C4=O)c3)c2)O1. The third kappa shape index (κ3) is 9.92. The quantitative estimate of drug-likeness (QED) is 0.122. The van der Waals surface area contributed by atoms with Gasteiger partial charge in [-0.05, 0) is 64.7 Å². The van der Waals surface area contributed by atoms with E-state index in [2.05, 4.69) is 28.3 Å². The van der Waals surface area contributed by atoms with Crippen molar-refractivity contribution in [1.29, 1.82) is 0 Å². The number of carbonyl (C=O) groups is 3.